The van der Waals surface area contributed by atoms with E-state index in [0.717, 1.165) is 25.0 Å². The molecule has 1 N–H and O–H groups in total. The van der Waals surface area contributed by atoms with Gasteiger partial charge in [-0.3, -0.25) is 4.79 Å². The fraction of sp³-hybridized carbons (Fsp3) is 0.533. The highest BCUT2D eigenvalue weighted by Crippen LogP contribution is 2.38. The van der Waals surface area contributed by atoms with Crippen LogP contribution in [0.1, 0.15) is 37.8 Å². The molecule has 0 aromatic heterocycles. The Bertz CT molecular complexity index is 493. The number of carbonyl (C=O) groups is 1. The molecule has 1 aromatic rings. The average molecular weight is 245 g/mol. The molecule has 18 heavy (non-hydrogen) atoms. The van der Waals surface area contributed by atoms with Crippen LogP contribution < -0.4 is 10.1 Å². The van der Waals surface area contributed by atoms with Gasteiger partial charge in [0.2, 0.25) is 5.91 Å². The van der Waals surface area contributed by atoms with Gasteiger partial charge in [0.05, 0.1) is 0 Å². The Hall–Kier alpha value is -1.51. The lowest BCUT2D eigenvalue weighted by molar-refractivity contribution is -0.119. The molecule has 1 saturated heterocycles. The van der Waals surface area contributed by atoms with Gasteiger partial charge in [-0.25, -0.2) is 0 Å². The van der Waals surface area contributed by atoms with E-state index in [2.05, 4.69) is 37.4 Å². The zero-order valence-corrected chi connectivity index (χ0v) is 11.0. The number of amides is 1. The topological polar surface area (TPSA) is 38.3 Å². The molecule has 2 aliphatic heterocycles. The second kappa shape index (κ2) is 4.01. The second-order valence-corrected chi connectivity index (χ2v) is 5.95. The third-order valence-corrected chi connectivity index (χ3v) is 3.72. The van der Waals surface area contributed by atoms with Crippen molar-refractivity contribution < 1.29 is 9.53 Å². The molecule has 2 heterocycles. The van der Waals surface area contributed by atoms with Gasteiger partial charge in [0.15, 0.2) is 0 Å². The molecule has 1 unspecified atom stereocenters. The summed E-state index contributed by atoms with van der Waals surface area (Å²) in [7, 11) is 0. The number of para-hydroxylation sites is 1. The third kappa shape index (κ3) is 2.09. The van der Waals surface area contributed by atoms with Gasteiger partial charge in [-0.2, -0.15) is 0 Å². The molecule has 0 bridgehead atoms. The first-order chi connectivity index (χ1) is 8.53. The van der Waals surface area contributed by atoms with Gasteiger partial charge in [-0.15, -0.1) is 0 Å². The Balaban J connectivity index is 1.82. The summed E-state index contributed by atoms with van der Waals surface area (Å²) >= 11 is 0. The highest BCUT2D eigenvalue weighted by Gasteiger charge is 2.32. The van der Waals surface area contributed by atoms with E-state index in [9.17, 15) is 4.79 Å². The van der Waals surface area contributed by atoms with Crippen molar-refractivity contribution >= 4 is 5.91 Å². The number of fused-ring (bicyclic) bond motifs is 1. The number of benzene rings is 1. The number of ether oxygens (including phenoxy) is 1. The number of rotatable bonds is 2. The summed E-state index contributed by atoms with van der Waals surface area (Å²) in [4.78, 5) is 11.2. The van der Waals surface area contributed by atoms with E-state index >= 15 is 0 Å². The van der Waals surface area contributed by atoms with Crippen molar-refractivity contribution in [1.82, 2.24) is 5.32 Å². The van der Waals surface area contributed by atoms with E-state index in [0.29, 0.717) is 6.42 Å². The smallest absolute Gasteiger partial charge is 0.220 e. The van der Waals surface area contributed by atoms with Crippen LogP contribution in [0.4, 0.5) is 0 Å². The van der Waals surface area contributed by atoms with Crippen LogP contribution in [0.5, 0.6) is 5.75 Å². The molecule has 1 aromatic carbocycles. The minimum atomic E-state index is -0.0998. The fourth-order valence-corrected chi connectivity index (χ4v) is 2.94. The Labute approximate surface area is 108 Å². The summed E-state index contributed by atoms with van der Waals surface area (Å²) < 4.78 is 6.05. The van der Waals surface area contributed by atoms with Gasteiger partial charge in [0, 0.05) is 18.9 Å². The zero-order valence-electron chi connectivity index (χ0n) is 11.0. The predicted octanol–water partition coefficient (Wildman–Crippen LogP) is 2.22. The van der Waals surface area contributed by atoms with Crippen molar-refractivity contribution in [3.05, 3.63) is 29.3 Å². The van der Waals surface area contributed by atoms with Crippen LogP contribution in [-0.2, 0) is 17.6 Å². The number of carbonyl (C=O) groups excluding carboxylic acids is 1. The minimum absolute atomic E-state index is 0.0998. The van der Waals surface area contributed by atoms with Crippen molar-refractivity contribution in [2.45, 2.75) is 51.2 Å². The van der Waals surface area contributed by atoms with Gasteiger partial charge in [-0.1, -0.05) is 18.2 Å². The van der Waals surface area contributed by atoms with E-state index in [1.165, 1.54) is 11.1 Å². The molecule has 1 fully saturated rings. The first kappa shape index (κ1) is 11.6. The van der Waals surface area contributed by atoms with Crippen molar-refractivity contribution in [1.29, 1.82) is 0 Å². The van der Waals surface area contributed by atoms with Gasteiger partial charge < -0.3 is 10.1 Å². The van der Waals surface area contributed by atoms with Crippen LogP contribution in [0, 0.1) is 0 Å². The highest BCUT2D eigenvalue weighted by molar-refractivity contribution is 5.78. The van der Waals surface area contributed by atoms with Crippen molar-refractivity contribution in [3.8, 4) is 5.75 Å². The molecule has 1 atom stereocenters. The maximum absolute atomic E-state index is 11.2. The van der Waals surface area contributed by atoms with E-state index in [1.54, 1.807) is 0 Å². The first-order valence-corrected chi connectivity index (χ1v) is 6.63. The number of hydrogen-bond acceptors (Lipinski definition) is 2. The lowest BCUT2D eigenvalue weighted by atomic mass is 9.98. The van der Waals surface area contributed by atoms with Gasteiger partial charge in [0.1, 0.15) is 11.4 Å². The highest BCUT2D eigenvalue weighted by atomic mass is 16.5. The molecule has 0 aliphatic carbocycles. The minimum Gasteiger partial charge on any atom is -0.487 e. The van der Waals surface area contributed by atoms with Crippen LogP contribution in [0.15, 0.2) is 18.2 Å². The molecule has 1 amide bonds. The SMILES string of the molecule is CC1(C)Cc2cccc(CC3CCC(=O)N3)c2O1. The molecule has 3 rings (SSSR count). The molecule has 0 saturated carbocycles. The van der Waals surface area contributed by atoms with E-state index in [1.807, 2.05) is 0 Å². The lowest BCUT2D eigenvalue weighted by Crippen LogP contribution is -2.28. The van der Waals surface area contributed by atoms with Gasteiger partial charge >= 0.3 is 0 Å². The summed E-state index contributed by atoms with van der Waals surface area (Å²) in [5.74, 6) is 1.22. The Morgan fingerprint density at radius 2 is 2.28 bits per heavy atom. The van der Waals surface area contributed by atoms with Gasteiger partial charge in [-0.05, 0) is 37.8 Å². The molecule has 2 aliphatic rings. The monoisotopic (exact) mass is 245 g/mol. The summed E-state index contributed by atoms with van der Waals surface area (Å²) in [6.45, 7) is 4.24. The molecule has 0 radical (unpaired) electrons. The van der Waals surface area contributed by atoms with Crippen LogP contribution >= 0.6 is 0 Å². The van der Waals surface area contributed by atoms with Crippen molar-refractivity contribution in [3.63, 3.8) is 0 Å². The molecule has 0 spiro atoms. The van der Waals surface area contributed by atoms with Gasteiger partial charge in [0.25, 0.3) is 0 Å². The summed E-state index contributed by atoms with van der Waals surface area (Å²) in [6, 6.07) is 6.62. The van der Waals surface area contributed by atoms with Crippen LogP contribution in [0.2, 0.25) is 0 Å². The Morgan fingerprint density at radius 1 is 1.44 bits per heavy atom. The van der Waals surface area contributed by atoms with Crippen LogP contribution in [0.3, 0.4) is 0 Å². The largest absolute Gasteiger partial charge is 0.487 e. The standard InChI is InChI=1S/C15H19NO2/c1-15(2)9-11-5-3-4-10(14(11)18-15)8-12-6-7-13(17)16-12/h3-5,12H,6-9H2,1-2H3,(H,16,17). The average Bonchev–Trinajstić information content (AvgIpc) is 2.81. The number of hydrogen-bond donors (Lipinski definition) is 1. The molecule has 96 valence electrons. The number of nitrogens with one attached hydrogen (secondary N) is 1. The second-order valence-electron chi connectivity index (χ2n) is 5.95. The maximum atomic E-state index is 11.2. The van der Waals surface area contributed by atoms with Crippen molar-refractivity contribution in [2.24, 2.45) is 0 Å². The van der Waals surface area contributed by atoms with E-state index < -0.39 is 0 Å². The molecular formula is C15H19NO2. The zero-order chi connectivity index (χ0) is 12.8. The fourth-order valence-electron chi connectivity index (χ4n) is 2.94. The molecule has 3 heteroatoms. The normalized spacial score (nSPS) is 24.6. The van der Waals surface area contributed by atoms with E-state index in [-0.39, 0.29) is 17.6 Å². The molecule has 3 nitrogen and oxygen atoms in total. The Morgan fingerprint density at radius 3 is 3.00 bits per heavy atom. The summed E-state index contributed by atoms with van der Waals surface area (Å²) in [6.07, 6.45) is 3.44. The Kier molecular flexibility index (Phi) is 2.58. The first-order valence-electron chi connectivity index (χ1n) is 6.63. The predicted molar refractivity (Wildman–Crippen MR) is 69.7 cm³/mol. The van der Waals surface area contributed by atoms with Crippen LogP contribution in [-0.4, -0.2) is 17.6 Å². The maximum Gasteiger partial charge on any atom is 0.220 e. The van der Waals surface area contributed by atoms with Crippen LogP contribution in [0.25, 0.3) is 0 Å². The van der Waals surface area contributed by atoms with E-state index in [4.69, 9.17) is 4.74 Å². The summed E-state index contributed by atoms with van der Waals surface area (Å²) in [5.41, 5.74) is 2.42. The summed E-state index contributed by atoms with van der Waals surface area (Å²) in [5, 5.41) is 3.02. The van der Waals surface area contributed by atoms with Crippen molar-refractivity contribution in [2.75, 3.05) is 0 Å². The lowest BCUT2D eigenvalue weighted by Gasteiger charge is -2.19. The molecular weight excluding hydrogens is 226 g/mol. The quantitative estimate of drug-likeness (QED) is 0.867. The third-order valence-electron chi connectivity index (χ3n) is 3.72.